The van der Waals surface area contributed by atoms with E-state index in [9.17, 15) is 9.18 Å². The summed E-state index contributed by atoms with van der Waals surface area (Å²) in [6.45, 7) is 1.74. The lowest BCUT2D eigenvalue weighted by molar-refractivity contribution is -0.108. The molecule has 1 fully saturated rings. The van der Waals surface area contributed by atoms with Gasteiger partial charge in [0.05, 0.1) is 10.6 Å². The molecular formula is C24H24ClFN2O2S. The minimum Gasteiger partial charge on any atom is -0.359 e. The molecule has 0 spiro atoms. The molecule has 0 aliphatic heterocycles. The number of hydrogen-bond donors (Lipinski definition) is 0. The Balaban J connectivity index is 1.56. The van der Waals surface area contributed by atoms with E-state index in [4.69, 9.17) is 16.1 Å². The molecular weight excluding hydrogens is 435 g/mol. The third-order valence-corrected chi connectivity index (χ3v) is 7.34. The van der Waals surface area contributed by atoms with E-state index in [1.54, 1.807) is 24.0 Å². The molecule has 0 saturated heterocycles. The molecule has 1 heterocycles. The number of benzene rings is 2. The molecule has 1 saturated carbocycles. The van der Waals surface area contributed by atoms with E-state index in [-0.39, 0.29) is 22.3 Å². The highest BCUT2D eigenvalue weighted by molar-refractivity contribution is 7.99. The van der Waals surface area contributed by atoms with Crippen LogP contribution in [0.4, 0.5) is 10.1 Å². The van der Waals surface area contributed by atoms with Crippen molar-refractivity contribution in [2.24, 2.45) is 5.92 Å². The Morgan fingerprint density at radius 2 is 2.03 bits per heavy atom. The van der Waals surface area contributed by atoms with Crippen LogP contribution in [-0.4, -0.2) is 23.4 Å². The molecule has 3 aromatic rings. The molecule has 7 heteroatoms. The van der Waals surface area contributed by atoms with Gasteiger partial charge in [-0.3, -0.25) is 4.79 Å². The molecule has 31 heavy (non-hydrogen) atoms. The lowest BCUT2D eigenvalue weighted by atomic mass is 9.86. The molecule has 2 atom stereocenters. The Morgan fingerprint density at radius 1 is 1.23 bits per heavy atom. The summed E-state index contributed by atoms with van der Waals surface area (Å²) in [4.78, 5) is 15.1. The summed E-state index contributed by atoms with van der Waals surface area (Å²) in [7, 11) is 0. The summed E-state index contributed by atoms with van der Waals surface area (Å²) < 4.78 is 20.0. The van der Waals surface area contributed by atoms with Crippen molar-refractivity contribution >= 4 is 35.5 Å². The van der Waals surface area contributed by atoms with Crippen LogP contribution in [-0.2, 0) is 4.79 Å². The number of carbonyl (C=O) groups is 1. The molecule has 2 unspecified atom stereocenters. The van der Waals surface area contributed by atoms with E-state index in [2.05, 4.69) is 17.3 Å². The van der Waals surface area contributed by atoms with Gasteiger partial charge in [0, 0.05) is 16.7 Å². The number of aryl methyl sites for hydroxylation is 1. The molecule has 1 amide bonds. The molecule has 0 N–H and O–H groups in total. The SMILES string of the molecule is Cc1onc(-c2c(F)cccc2Cl)c1N(C=O)C1CCCC(CSc2ccccc2)C1. The summed E-state index contributed by atoms with van der Waals surface area (Å²) in [5.74, 6) is 1.48. The van der Waals surface area contributed by atoms with Crippen LogP contribution in [0.2, 0.25) is 5.02 Å². The summed E-state index contributed by atoms with van der Waals surface area (Å²) in [5, 5.41) is 4.30. The number of rotatable bonds is 7. The van der Waals surface area contributed by atoms with Crippen molar-refractivity contribution in [1.82, 2.24) is 5.16 Å². The van der Waals surface area contributed by atoms with E-state index in [1.165, 1.54) is 11.0 Å². The number of carbonyl (C=O) groups excluding carboxylic acids is 1. The minimum absolute atomic E-state index is 0.00928. The highest BCUT2D eigenvalue weighted by Crippen LogP contribution is 2.41. The molecule has 1 aromatic heterocycles. The van der Waals surface area contributed by atoms with Crippen LogP contribution in [0.3, 0.4) is 0 Å². The topological polar surface area (TPSA) is 46.3 Å². The maximum Gasteiger partial charge on any atom is 0.214 e. The summed E-state index contributed by atoms with van der Waals surface area (Å²) in [5.41, 5.74) is 0.937. The smallest absolute Gasteiger partial charge is 0.214 e. The van der Waals surface area contributed by atoms with E-state index < -0.39 is 5.82 Å². The molecule has 0 bridgehead atoms. The van der Waals surface area contributed by atoms with Crippen molar-refractivity contribution in [3.8, 4) is 11.3 Å². The van der Waals surface area contributed by atoms with Crippen molar-refractivity contribution in [3.05, 3.63) is 65.1 Å². The second-order valence-electron chi connectivity index (χ2n) is 7.86. The Kier molecular flexibility index (Phi) is 6.98. The van der Waals surface area contributed by atoms with Crippen molar-refractivity contribution in [2.75, 3.05) is 10.7 Å². The average molecular weight is 459 g/mol. The second-order valence-corrected chi connectivity index (χ2v) is 9.36. The maximum atomic E-state index is 14.6. The summed E-state index contributed by atoms with van der Waals surface area (Å²) in [6, 6.07) is 14.8. The molecule has 1 aliphatic carbocycles. The zero-order valence-electron chi connectivity index (χ0n) is 17.3. The summed E-state index contributed by atoms with van der Waals surface area (Å²) >= 11 is 8.12. The van der Waals surface area contributed by atoms with E-state index >= 15 is 0 Å². The number of nitrogens with zero attached hydrogens (tertiary/aromatic N) is 2. The number of aromatic nitrogens is 1. The molecule has 0 radical (unpaired) electrons. The Bertz CT molecular complexity index is 1020. The lowest BCUT2D eigenvalue weighted by Crippen LogP contribution is -2.39. The van der Waals surface area contributed by atoms with Gasteiger partial charge in [0.15, 0.2) is 5.76 Å². The second kappa shape index (κ2) is 9.88. The average Bonchev–Trinajstić information content (AvgIpc) is 3.15. The van der Waals surface area contributed by atoms with Crippen LogP contribution < -0.4 is 4.90 Å². The predicted molar refractivity (Wildman–Crippen MR) is 123 cm³/mol. The van der Waals surface area contributed by atoms with Gasteiger partial charge in [-0.05, 0) is 56.4 Å². The number of amides is 1. The first-order chi connectivity index (χ1) is 15.1. The number of hydrogen-bond acceptors (Lipinski definition) is 4. The molecule has 162 valence electrons. The highest BCUT2D eigenvalue weighted by Gasteiger charge is 2.32. The van der Waals surface area contributed by atoms with Crippen LogP contribution in [0, 0.1) is 18.7 Å². The fourth-order valence-electron chi connectivity index (χ4n) is 4.28. The predicted octanol–water partition coefficient (Wildman–Crippen LogP) is 6.76. The third-order valence-electron chi connectivity index (χ3n) is 5.78. The number of anilines is 1. The standard InChI is InChI=1S/C24H24ClFN2O2S/c1-16-24(23(27-30-16)22-20(25)11-6-12-21(22)26)28(15-29)18-8-5-7-17(13-18)14-31-19-9-3-2-4-10-19/h2-4,6,9-12,15,17-18H,5,7-8,13-14H2,1H3. The first-order valence-corrected chi connectivity index (χ1v) is 11.8. The quantitative estimate of drug-likeness (QED) is 0.290. The summed E-state index contributed by atoms with van der Waals surface area (Å²) in [6.07, 6.45) is 4.76. The molecule has 4 nitrogen and oxygen atoms in total. The minimum atomic E-state index is -0.492. The van der Waals surface area contributed by atoms with E-state index in [0.717, 1.165) is 37.8 Å². The van der Waals surface area contributed by atoms with Gasteiger partial charge >= 0.3 is 0 Å². The van der Waals surface area contributed by atoms with Crippen LogP contribution in [0.15, 0.2) is 57.9 Å². The maximum absolute atomic E-state index is 14.6. The van der Waals surface area contributed by atoms with Crippen molar-refractivity contribution in [2.45, 2.75) is 43.5 Å². The normalized spacial score (nSPS) is 18.7. The van der Waals surface area contributed by atoms with Gasteiger partial charge in [-0.15, -0.1) is 11.8 Å². The first-order valence-electron chi connectivity index (χ1n) is 10.4. The first kappa shape index (κ1) is 21.9. The van der Waals surface area contributed by atoms with Gasteiger partial charge in [-0.1, -0.05) is 47.4 Å². The van der Waals surface area contributed by atoms with Gasteiger partial charge in [0.25, 0.3) is 0 Å². The molecule has 2 aromatic carbocycles. The monoisotopic (exact) mass is 458 g/mol. The van der Waals surface area contributed by atoms with Gasteiger partial charge in [0.1, 0.15) is 17.2 Å². The van der Waals surface area contributed by atoms with E-state index in [0.29, 0.717) is 17.4 Å². The Labute approximate surface area is 190 Å². The van der Waals surface area contributed by atoms with Crippen LogP contribution in [0.25, 0.3) is 11.3 Å². The van der Waals surface area contributed by atoms with Crippen molar-refractivity contribution in [3.63, 3.8) is 0 Å². The van der Waals surface area contributed by atoms with Gasteiger partial charge in [-0.25, -0.2) is 4.39 Å². The fourth-order valence-corrected chi connectivity index (χ4v) is 5.61. The van der Waals surface area contributed by atoms with Crippen LogP contribution in [0.1, 0.15) is 31.4 Å². The molecule has 1 aliphatic rings. The van der Waals surface area contributed by atoms with Crippen LogP contribution in [0.5, 0.6) is 0 Å². The van der Waals surface area contributed by atoms with Crippen LogP contribution >= 0.6 is 23.4 Å². The van der Waals surface area contributed by atoms with Gasteiger partial charge in [-0.2, -0.15) is 0 Å². The fraction of sp³-hybridized carbons (Fsp3) is 0.333. The van der Waals surface area contributed by atoms with Gasteiger partial charge < -0.3 is 9.42 Å². The Hall–Kier alpha value is -2.31. The van der Waals surface area contributed by atoms with Crippen molar-refractivity contribution in [1.29, 1.82) is 0 Å². The zero-order valence-corrected chi connectivity index (χ0v) is 18.8. The molecule has 4 rings (SSSR count). The highest BCUT2D eigenvalue weighted by atomic mass is 35.5. The third kappa shape index (κ3) is 4.80. The van der Waals surface area contributed by atoms with E-state index in [1.807, 2.05) is 30.0 Å². The largest absolute Gasteiger partial charge is 0.359 e. The lowest BCUT2D eigenvalue weighted by Gasteiger charge is -2.35. The zero-order chi connectivity index (χ0) is 21.8. The number of halogens is 2. The van der Waals surface area contributed by atoms with Crippen molar-refractivity contribution < 1.29 is 13.7 Å². The Morgan fingerprint density at radius 3 is 2.77 bits per heavy atom. The van der Waals surface area contributed by atoms with Gasteiger partial charge in [0.2, 0.25) is 6.41 Å². The number of thioether (sulfide) groups is 1.